The van der Waals surface area contributed by atoms with E-state index >= 15 is 0 Å². The summed E-state index contributed by atoms with van der Waals surface area (Å²) in [7, 11) is 1.72. The van der Waals surface area contributed by atoms with E-state index in [1.807, 2.05) is 0 Å². The van der Waals surface area contributed by atoms with Gasteiger partial charge in [0.05, 0.1) is 4.92 Å². The molecular weight excluding hydrogens is 158 g/mol. The third kappa shape index (κ3) is 1.93. The van der Waals surface area contributed by atoms with Gasteiger partial charge in [0.1, 0.15) is 0 Å². The average molecular weight is 167 g/mol. The summed E-state index contributed by atoms with van der Waals surface area (Å²) in [5, 5.41) is 10.2. The van der Waals surface area contributed by atoms with Gasteiger partial charge in [-0.15, -0.1) is 0 Å². The minimum Gasteiger partial charge on any atom is -0.322 e. The Balaban J connectivity index is 2.78. The molecule has 12 heavy (non-hydrogen) atoms. The number of hydrogen-bond donors (Lipinski definition) is 2. The summed E-state index contributed by atoms with van der Waals surface area (Å²) in [4.78, 5) is 9.81. The van der Waals surface area contributed by atoms with Gasteiger partial charge in [0.2, 0.25) is 0 Å². The second kappa shape index (κ2) is 3.68. The number of nitrogens with zero attached hydrogens (tertiary/aromatic N) is 1. The molecular formula is C7H9N3O2. The lowest BCUT2D eigenvalue weighted by atomic mass is 10.3. The van der Waals surface area contributed by atoms with Crippen LogP contribution in [0.15, 0.2) is 24.3 Å². The molecule has 0 aliphatic carbocycles. The molecule has 0 aliphatic heterocycles. The zero-order valence-electron chi connectivity index (χ0n) is 6.57. The van der Waals surface area contributed by atoms with Crippen LogP contribution in [0.3, 0.4) is 0 Å². The maximum atomic E-state index is 10.2. The molecule has 64 valence electrons. The second-order valence-corrected chi connectivity index (χ2v) is 2.18. The molecule has 1 aromatic rings. The molecule has 0 saturated heterocycles. The standard InChI is InChI=1S/C7H9N3O2/c1-8-9-6-2-4-7(5-3-6)10(11)12/h2-5,8-9H,1H3. The Morgan fingerprint density at radius 1 is 1.33 bits per heavy atom. The van der Waals surface area contributed by atoms with E-state index in [1.165, 1.54) is 12.1 Å². The molecule has 0 amide bonds. The van der Waals surface area contributed by atoms with Crippen LogP contribution in [0.2, 0.25) is 0 Å². The van der Waals surface area contributed by atoms with Gasteiger partial charge >= 0.3 is 0 Å². The third-order valence-electron chi connectivity index (χ3n) is 1.35. The van der Waals surface area contributed by atoms with Crippen LogP contribution in [0.1, 0.15) is 0 Å². The number of anilines is 1. The number of nitro groups is 1. The fourth-order valence-corrected chi connectivity index (χ4v) is 0.811. The zero-order valence-corrected chi connectivity index (χ0v) is 6.57. The van der Waals surface area contributed by atoms with Crippen LogP contribution in [0.25, 0.3) is 0 Å². The number of benzene rings is 1. The van der Waals surface area contributed by atoms with Gasteiger partial charge in [0.25, 0.3) is 5.69 Å². The molecule has 5 heteroatoms. The van der Waals surface area contributed by atoms with Gasteiger partial charge in [-0.25, -0.2) is 5.43 Å². The smallest absolute Gasteiger partial charge is 0.269 e. The molecule has 0 radical (unpaired) electrons. The molecule has 0 unspecified atom stereocenters. The number of hydrogen-bond acceptors (Lipinski definition) is 4. The number of hydrazine groups is 1. The predicted octanol–water partition coefficient (Wildman–Crippen LogP) is 1.14. The molecule has 0 atom stereocenters. The van der Waals surface area contributed by atoms with Crippen molar-refractivity contribution >= 4 is 11.4 Å². The molecule has 5 nitrogen and oxygen atoms in total. The maximum absolute atomic E-state index is 10.2. The number of rotatable bonds is 3. The Labute approximate surface area is 69.5 Å². The average Bonchev–Trinajstić information content (AvgIpc) is 2.06. The van der Waals surface area contributed by atoms with Gasteiger partial charge < -0.3 is 5.43 Å². The quantitative estimate of drug-likeness (QED) is 0.523. The van der Waals surface area contributed by atoms with Crippen molar-refractivity contribution in [3.05, 3.63) is 34.4 Å². The van der Waals surface area contributed by atoms with Gasteiger partial charge in [-0.2, -0.15) is 0 Å². The van der Waals surface area contributed by atoms with Crippen LogP contribution >= 0.6 is 0 Å². The number of nitro benzene ring substituents is 1. The lowest BCUT2D eigenvalue weighted by molar-refractivity contribution is -0.384. The topological polar surface area (TPSA) is 67.2 Å². The highest BCUT2D eigenvalue weighted by atomic mass is 16.6. The van der Waals surface area contributed by atoms with Gasteiger partial charge in [0, 0.05) is 24.9 Å². The van der Waals surface area contributed by atoms with Crippen LogP contribution < -0.4 is 10.9 Å². The molecule has 0 spiro atoms. The van der Waals surface area contributed by atoms with Crippen LogP contribution in [0, 0.1) is 10.1 Å². The van der Waals surface area contributed by atoms with Gasteiger partial charge in [-0.1, -0.05) is 0 Å². The minimum absolute atomic E-state index is 0.0941. The monoisotopic (exact) mass is 167 g/mol. The normalized spacial score (nSPS) is 9.42. The highest BCUT2D eigenvalue weighted by Gasteiger charge is 2.02. The first-order valence-electron chi connectivity index (χ1n) is 3.41. The third-order valence-corrected chi connectivity index (χ3v) is 1.35. The minimum atomic E-state index is -0.427. The summed E-state index contributed by atoms with van der Waals surface area (Å²) in [5.41, 5.74) is 6.40. The van der Waals surface area contributed by atoms with E-state index in [1.54, 1.807) is 19.2 Å². The molecule has 0 heterocycles. The van der Waals surface area contributed by atoms with Crippen molar-refractivity contribution in [2.75, 3.05) is 12.5 Å². The van der Waals surface area contributed by atoms with E-state index in [-0.39, 0.29) is 5.69 Å². The first-order chi connectivity index (χ1) is 5.74. The lowest BCUT2D eigenvalue weighted by Crippen LogP contribution is -2.14. The van der Waals surface area contributed by atoms with Gasteiger partial charge in [-0.3, -0.25) is 10.1 Å². The number of non-ortho nitro benzene ring substituents is 1. The molecule has 0 saturated carbocycles. The molecule has 0 aliphatic rings. The van der Waals surface area contributed by atoms with Crippen molar-refractivity contribution in [3.63, 3.8) is 0 Å². The molecule has 1 aromatic carbocycles. The summed E-state index contributed by atoms with van der Waals surface area (Å²) in [6, 6.07) is 6.16. The molecule has 0 bridgehead atoms. The first-order valence-corrected chi connectivity index (χ1v) is 3.41. The Morgan fingerprint density at radius 3 is 2.33 bits per heavy atom. The Kier molecular flexibility index (Phi) is 2.60. The molecule has 2 N–H and O–H groups in total. The number of nitrogens with one attached hydrogen (secondary N) is 2. The largest absolute Gasteiger partial charge is 0.322 e. The second-order valence-electron chi connectivity index (χ2n) is 2.18. The maximum Gasteiger partial charge on any atom is 0.269 e. The summed E-state index contributed by atoms with van der Waals surface area (Å²) >= 11 is 0. The zero-order chi connectivity index (χ0) is 8.97. The highest BCUT2D eigenvalue weighted by Crippen LogP contribution is 2.14. The SMILES string of the molecule is CNNc1ccc([N+](=O)[O-])cc1. The predicted molar refractivity (Wildman–Crippen MR) is 45.8 cm³/mol. The van der Waals surface area contributed by atoms with Crippen molar-refractivity contribution in [2.45, 2.75) is 0 Å². The summed E-state index contributed by atoms with van der Waals surface area (Å²) in [6.07, 6.45) is 0. The van der Waals surface area contributed by atoms with Crippen molar-refractivity contribution in [2.24, 2.45) is 0 Å². The van der Waals surface area contributed by atoms with E-state index in [9.17, 15) is 10.1 Å². The van der Waals surface area contributed by atoms with E-state index < -0.39 is 4.92 Å². The van der Waals surface area contributed by atoms with E-state index in [0.29, 0.717) is 0 Å². The fraction of sp³-hybridized carbons (Fsp3) is 0.143. The summed E-state index contributed by atoms with van der Waals surface area (Å²) in [6.45, 7) is 0. The highest BCUT2D eigenvalue weighted by molar-refractivity contribution is 5.47. The summed E-state index contributed by atoms with van der Waals surface area (Å²) < 4.78 is 0. The Bertz CT molecular complexity index is 270. The summed E-state index contributed by atoms with van der Waals surface area (Å²) in [5.74, 6) is 0. The molecule has 0 aromatic heterocycles. The molecule has 1 rings (SSSR count). The Hall–Kier alpha value is -1.62. The van der Waals surface area contributed by atoms with Gasteiger partial charge in [0.15, 0.2) is 0 Å². The lowest BCUT2D eigenvalue weighted by Gasteiger charge is -2.01. The van der Waals surface area contributed by atoms with Crippen molar-refractivity contribution in [3.8, 4) is 0 Å². The van der Waals surface area contributed by atoms with E-state index in [4.69, 9.17) is 0 Å². The van der Waals surface area contributed by atoms with Crippen molar-refractivity contribution in [1.29, 1.82) is 0 Å². The van der Waals surface area contributed by atoms with E-state index in [2.05, 4.69) is 10.9 Å². The van der Waals surface area contributed by atoms with Gasteiger partial charge in [-0.05, 0) is 12.1 Å². The van der Waals surface area contributed by atoms with E-state index in [0.717, 1.165) is 5.69 Å². The van der Waals surface area contributed by atoms with Crippen LogP contribution in [0.5, 0.6) is 0 Å². The van der Waals surface area contributed by atoms with Crippen molar-refractivity contribution in [1.82, 2.24) is 5.43 Å². The van der Waals surface area contributed by atoms with Crippen molar-refractivity contribution < 1.29 is 4.92 Å². The van der Waals surface area contributed by atoms with Crippen LogP contribution in [-0.2, 0) is 0 Å². The molecule has 0 fully saturated rings. The van der Waals surface area contributed by atoms with Crippen LogP contribution in [0.4, 0.5) is 11.4 Å². The van der Waals surface area contributed by atoms with Crippen LogP contribution in [-0.4, -0.2) is 12.0 Å². The first kappa shape index (κ1) is 8.48. The Morgan fingerprint density at radius 2 is 1.92 bits per heavy atom. The fourth-order valence-electron chi connectivity index (χ4n) is 0.811.